The number of benzene rings is 1. The summed E-state index contributed by atoms with van der Waals surface area (Å²) in [5.74, 6) is 0.444. The van der Waals surface area contributed by atoms with Gasteiger partial charge >= 0.3 is 0 Å². The maximum Gasteiger partial charge on any atom is 0.238 e. The van der Waals surface area contributed by atoms with Crippen molar-refractivity contribution in [2.24, 2.45) is 5.14 Å². The largest absolute Gasteiger partial charge is 0.398 e. The van der Waals surface area contributed by atoms with Crippen LogP contribution in [0.25, 0.3) is 11.4 Å². The number of nitrogens with two attached hydrogens (primary N) is 2. The molecule has 2 aromatic rings. The number of aromatic nitrogens is 2. The molecule has 1 heterocycles. The van der Waals surface area contributed by atoms with Gasteiger partial charge in [0.15, 0.2) is 5.82 Å². The van der Waals surface area contributed by atoms with Crippen LogP contribution in [0, 0.1) is 6.92 Å². The van der Waals surface area contributed by atoms with Gasteiger partial charge in [-0.2, -0.15) is 0 Å². The third-order valence-electron chi connectivity index (χ3n) is 2.58. The van der Waals surface area contributed by atoms with E-state index in [1.807, 2.05) is 0 Å². The molecule has 6 nitrogen and oxygen atoms in total. The van der Waals surface area contributed by atoms with E-state index in [1.54, 1.807) is 31.5 Å². The van der Waals surface area contributed by atoms with Crippen molar-refractivity contribution in [2.75, 3.05) is 5.73 Å². The Morgan fingerprint density at radius 3 is 2.33 bits per heavy atom. The normalized spacial score (nSPS) is 11.4. The van der Waals surface area contributed by atoms with Crippen LogP contribution in [0.4, 0.5) is 5.69 Å². The molecule has 1 aromatic carbocycles. The van der Waals surface area contributed by atoms with Gasteiger partial charge in [0.2, 0.25) is 10.0 Å². The first-order valence-corrected chi connectivity index (χ1v) is 6.65. The number of hydrogen-bond donors (Lipinski definition) is 2. The summed E-state index contributed by atoms with van der Waals surface area (Å²) in [6, 6.07) is 4.65. The third-order valence-corrected chi connectivity index (χ3v) is 3.63. The van der Waals surface area contributed by atoms with Crippen LogP contribution in [0.1, 0.15) is 5.56 Å². The molecule has 0 aliphatic rings. The average Bonchev–Trinajstić information content (AvgIpc) is 2.32. The zero-order valence-electron chi connectivity index (χ0n) is 9.66. The summed E-state index contributed by atoms with van der Waals surface area (Å²) in [7, 11) is -3.78. The van der Waals surface area contributed by atoms with Crippen LogP contribution in [-0.4, -0.2) is 18.4 Å². The van der Waals surface area contributed by atoms with Gasteiger partial charge in [-0.1, -0.05) is 0 Å². The molecular weight excluding hydrogens is 252 g/mol. The van der Waals surface area contributed by atoms with E-state index in [2.05, 4.69) is 9.97 Å². The molecule has 18 heavy (non-hydrogen) atoms. The quantitative estimate of drug-likeness (QED) is 0.775. The molecule has 4 N–H and O–H groups in total. The second-order valence-electron chi connectivity index (χ2n) is 3.77. The fourth-order valence-corrected chi connectivity index (χ4v) is 2.44. The summed E-state index contributed by atoms with van der Waals surface area (Å²) < 4.78 is 22.7. The van der Waals surface area contributed by atoms with Gasteiger partial charge in [-0.15, -0.1) is 0 Å². The summed E-state index contributed by atoms with van der Waals surface area (Å²) >= 11 is 0. The highest BCUT2D eigenvalue weighted by atomic mass is 32.2. The molecule has 0 bridgehead atoms. The van der Waals surface area contributed by atoms with Crippen molar-refractivity contribution in [3.8, 4) is 11.4 Å². The standard InChI is InChI=1S/C11H12N4O2S/c1-7-9(18(13,16)17)4-3-8(10(7)12)11-14-5-2-6-15-11/h2-6H,12H2,1H3,(H2,13,16,17). The van der Waals surface area contributed by atoms with Gasteiger partial charge in [0.1, 0.15) is 0 Å². The summed E-state index contributed by atoms with van der Waals surface area (Å²) in [5, 5.41) is 5.10. The molecule has 7 heteroatoms. The maximum atomic E-state index is 11.3. The monoisotopic (exact) mass is 264 g/mol. The molecule has 2 rings (SSSR count). The minimum absolute atomic E-state index is 0.0136. The van der Waals surface area contributed by atoms with Crippen molar-refractivity contribution in [1.82, 2.24) is 9.97 Å². The minimum Gasteiger partial charge on any atom is -0.398 e. The van der Waals surface area contributed by atoms with E-state index in [0.717, 1.165) is 0 Å². The number of hydrogen-bond acceptors (Lipinski definition) is 5. The molecule has 0 fully saturated rings. The fraction of sp³-hybridized carbons (Fsp3) is 0.0909. The molecule has 0 aliphatic carbocycles. The van der Waals surface area contributed by atoms with Crippen LogP contribution in [0.2, 0.25) is 0 Å². The van der Waals surface area contributed by atoms with Crippen LogP contribution < -0.4 is 10.9 Å². The Bertz CT molecular complexity index is 684. The molecule has 0 saturated carbocycles. The molecule has 0 atom stereocenters. The van der Waals surface area contributed by atoms with Crippen molar-refractivity contribution in [3.63, 3.8) is 0 Å². The first kappa shape index (κ1) is 12.5. The fourth-order valence-electron chi connectivity index (χ4n) is 1.65. The molecule has 0 spiro atoms. The van der Waals surface area contributed by atoms with Crippen LogP contribution in [0.5, 0.6) is 0 Å². The molecule has 0 amide bonds. The van der Waals surface area contributed by atoms with E-state index in [9.17, 15) is 8.42 Å². The van der Waals surface area contributed by atoms with Crippen LogP contribution in [0.3, 0.4) is 0 Å². The molecule has 0 unspecified atom stereocenters. The van der Waals surface area contributed by atoms with Crippen molar-refractivity contribution in [2.45, 2.75) is 11.8 Å². The maximum absolute atomic E-state index is 11.3. The lowest BCUT2D eigenvalue weighted by atomic mass is 10.1. The third kappa shape index (κ3) is 2.18. The predicted octanol–water partition coefficient (Wildman–Crippen LogP) is 0.682. The van der Waals surface area contributed by atoms with Crippen molar-refractivity contribution < 1.29 is 8.42 Å². The summed E-state index contributed by atoms with van der Waals surface area (Å²) in [5.41, 5.74) is 7.21. The van der Waals surface area contributed by atoms with Gasteiger partial charge in [-0.05, 0) is 30.7 Å². The molecule has 0 saturated heterocycles. The van der Waals surface area contributed by atoms with Crippen LogP contribution in [0.15, 0.2) is 35.5 Å². The number of nitrogen functional groups attached to an aromatic ring is 1. The van der Waals surface area contributed by atoms with E-state index in [-0.39, 0.29) is 4.90 Å². The summed E-state index contributed by atoms with van der Waals surface area (Å²) in [6.45, 7) is 1.60. The zero-order chi connectivity index (χ0) is 13.3. The summed E-state index contributed by atoms with van der Waals surface area (Å²) in [4.78, 5) is 8.16. The molecule has 0 radical (unpaired) electrons. The van der Waals surface area contributed by atoms with Gasteiger partial charge in [0.25, 0.3) is 0 Å². The number of anilines is 1. The Hall–Kier alpha value is -1.99. The lowest BCUT2D eigenvalue weighted by molar-refractivity contribution is 0.597. The minimum atomic E-state index is -3.78. The smallest absolute Gasteiger partial charge is 0.238 e. The highest BCUT2D eigenvalue weighted by molar-refractivity contribution is 7.89. The Kier molecular flexibility index (Phi) is 3.02. The first-order chi connectivity index (χ1) is 8.41. The van der Waals surface area contributed by atoms with Gasteiger partial charge in [-0.3, -0.25) is 0 Å². The van der Waals surface area contributed by atoms with E-state index in [1.165, 1.54) is 6.07 Å². The number of sulfonamides is 1. The molecule has 94 valence electrons. The molecule has 1 aromatic heterocycles. The van der Waals surface area contributed by atoms with E-state index >= 15 is 0 Å². The second-order valence-corrected chi connectivity index (χ2v) is 5.30. The van der Waals surface area contributed by atoms with E-state index in [4.69, 9.17) is 10.9 Å². The van der Waals surface area contributed by atoms with Gasteiger partial charge < -0.3 is 5.73 Å². The number of primary sulfonamides is 1. The predicted molar refractivity (Wildman–Crippen MR) is 68.0 cm³/mol. The van der Waals surface area contributed by atoms with Crippen LogP contribution in [-0.2, 0) is 10.0 Å². The summed E-state index contributed by atoms with van der Waals surface area (Å²) in [6.07, 6.45) is 3.18. The Morgan fingerprint density at radius 1 is 1.17 bits per heavy atom. The van der Waals surface area contributed by atoms with Crippen molar-refractivity contribution >= 4 is 15.7 Å². The van der Waals surface area contributed by atoms with Crippen molar-refractivity contribution in [3.05, 3.63) is 36.2 Å². The number of rotatable bonds is 2. The Labute approximate surface area is 105 Å². The van der Waals surface area contributed by atoms with Gasteiger partial charge in [0.05, 0.1) is 4.90 Å². The topological polar surface area (TPSA) is 112 Å². The van der Waals surface area contributed by atoms with Crippen LogP contribution >= 0.6 is 0 Å². The second kappa shape index (κ2) is 4.35. The number of nitrogens with zero attached hydrogens (tertiary/aromatic N) is 2. The van der Waals surface area contributed by atoms with E-state index in [0.29, 0.717) is 22.6 Å². The van der Waals surface area contributed by atoms with Crippen molar-refractivity contribution in [1.29, 1.82) is 0 Å². The lowest BCUT2D eigenvalue weighted by Crippen LogP contribution is -2.14. The molecular formula is C11H12N4O2S. The van der Waals surface area contributed by atoms with Gasteiger partial charge in [-0.25, -0.2) is 23.5 Å². The first-order valence-electron chi connectivity index (χ1n) is 5.10. The molecule has 0 aliphatic heterocycles. The lowest BCUT2D eigenvalue weighted by Gasteiger charge is -2.10. The highest BCUT2D eigenvalue weighted by Gasteiger charge is 2.16. The van der Waals surface area contributed by atoms with Gasteiger partial charge in [0, 0.05) is 23.6 Å². The average molecular weight is 264 g/mol. The Balaban J connectivity index is 2.66. The van der Waals surface area contributed by atoms with E-state index < -0.39 is 10.0 Å². The SMILES string of the molecule is Cc1c(S(N)(=O)=O)ccc(-c2ncccn2)c1N. The Morgan fingerprint density at radius 2 is 1.78 bits per heavy atom. The zero-order valence-corrected chi connectivity index (χ0v) is 10.5. The highest BCUT2D eigenvalue weighted by Crippen LogP contribution is 2.29.